The Balaban J connectivity index is 1.63. The van der Waals surface area contributed by atoms with E-state index in [1.807, 2.05) is 18.2 Å². The van der Waals surface area contributed by atoms with Gasteiger partial charge in [0.25, 0.3) is 0 Å². The van der Waals surface area contributed by atoms with Gasteiger partial charge < -0.3 is 14.2 Å². The van der Waals surface area contributed by atoms with Crippen molar-refractivity contribution < 1.29 is 9.53 Å². The summed E-state index contributed by atoms with van der Waals surface area (Å²) in [6, 6.07) is 16.6. The highest BCUT2D eigenvalue weighted by Crippen LogP contribution is 2.31. The number of rotatable bonds is 6. The Morgan fingerprint density at radius 3 is 2.68 bits per heavy atom. The molecule has 1 aliphatic heterocycles. The zero-order valence-electron chi connectivity index (χ0n) is 16.7. The second-order valence-corrected chi connectivity index (χ2v) is 7.53. The van der Waals surface area contributed by atoms with Crippen molar-refractivity contribution in [3.05, 3.63) is 71.4 Å². The van der Waals surface area contributed by atoms with Crippen molar-refractivity contribution in [2.75, 3.05) is 20.3 Å². The summed E-state index contributed by atoms with van der Waals surface area (Å²) in [6.07, 6.45) is 3.96. The van der Waals surface area contributed by atoms with Crippen molar-refractivity contribution in [1.82, 2.24) is 9.47 Å². The molecule has 4 heteroatoms. The molecule has 0 N–H and O–H groups in total. The van der Waals surface area contributed by atoms with E-state index in [4.69, 9.17) is 4.74 Å². The Kier molecular flexibility index (Phi) is 5.49. The monoisotopic (exact) mass is 376 g/mol. The van der Waals surface area contributed by atoms with Gasteiger partial charge in [-0.3, -0.25) is 4.79 Å². The Morgan fingerprint density at radius 1 is 1.11 bits per heavy atom. The zero-order chi connectivity index (χ0) is 19.5. The van der Waals surface area contributed by atoms with Crippen LogP contribution in [0.3, 0.4) is 0 Å². The van der Waals surface area contributed by atoms with E-state index in [9.17, 15) is 4.79 Å². The number of aromatic nitrogens is 1. The summed E-state index contributed by atoms with van der Waals surface area (Å²) in [5, 5.41) is 1.32. The molecule has 4 nitrogen and oxygen atoms in total. The van der Waals surface area contributed by atoms with Crippen LogP contribution >= 0.6 is 0 Å². The van der Waals surface area contributed by atoms with Gasteiger partial charge in [-0.1, -0.05) is 49.4 Å². The summed E-state index contributed by atoms with van der Waals surface area (Å²) in [5.74, 6) is 0.169. The van der Waals surface area contributed by atoms with Gasteiger partial charge in [-0.2, -0.15) is 0 Å². The van der Waals surface area contributed by atoms with E-state index >= 15 is 0 Å². The van der Waals surface area contributed by atoms with Crippen molar-refractivity contribution in [2.24, 2.45) is 0 Å². The third-order valence-corrected chi connectivity index (χ3v) is 5.84. The van der Waals surface area contributed by atoms with Gasteiger partial charge in [-0.05, 0) is 35.6 Å². The molecule has 0 unspecified atom stereocenters. The number of hydrogen-bond acceptors (Lipinski definition) is 2. The molecule has 146 valence electrons. The van der Waals surface area contributed by atoms with Gasteiger partial charge in [0.05, 0.1) is 12.5 Å². The average Bonchev–Trinajstić information content (AvgIpc) is 2.97. The van der Waals surface area contributed by atoms with Crippen LogP contribution in [-0.2, 0) is 29.0 Å². The molecule has 0 saturated heterocycles. The number of hydrogen-bond donors (Lipinski definition) is 0. The summed E-state index contributed by atoms with van der Waals surface area (Å²) in [6.45, 7) is 5.10. The predicted molar refractivity (Wildman–Crippen MR) is 112 cm³/mol. The van der Waals surface area contributed by atoms with Gasteiger partial charge in [0.2, 0.25) is 5.91 Å². The van der Waals surface area contributed by atoms with E-state index in [0.29, 0.717) is 13.2 Å². The van der Waals surface area contributed by atoms with Gasteiger partial charge in [-0.25, -0.2) is 0 Å². The van der Waals surface area contributed by atoms with Gasteiger partial charge in [0.1, 0.15) is 0 Å². The van der Waals surface area contributed by atoms with Crippen LogP contribution in [0.2, 0.25) is 0 Å². The SMILES string of the molecule is CC[C@@H](C(=O)N1CCc2cn(CCOC)c3cccc(c23)C1)c1ccccc1. The maximum atomic E-state index is 13.4. The molecule has 2 heterocycles. The van der Waals surface area contributed by atoms with Crippen molar-refractivity contribution in [1.29, 1.82) is 0 Å². The molecule has 1 amide bonds. The molecule has 4 rings (SSSR count). The van der Waals surface area contributed by atoms with Crippen molar-refractivity contribution in [2.45, 2.75) is 38.8 Å². The number of carbonyl (C=O) groups is 1. The molecule has 1 aromatic heterocycles. The topological polar surface area (TPSA) is 34.5 Å². The van der Waals surface area contributed by atoms with Crippen LogP contribution in [0.5, 0.6) is 0 Å². The summed E-state index contributed by atoms with van der Waals surface area (Å²) in [5.41, 5.74) is 4.94. The van der Waals surface area contributed by atoms with E-state index in [1.54, 1.807) is 7.11 Å². The molecular weight excluding hydrogens is 348 g/mol. The van der Waals surface area contributed by atoms with Crippen molar-refractivity contribution in [3.63, 3.8) is 0 Å². The first-order valence-electron chi connectivity index (χ1n) is 10.1. The molecule has 1 aliphatic rings. The highest BCUT2D eigenvalue weighted by atomic mass is 16.5. The minimum Gasteiger partial charge on any atom is -0.383 e. The van der Waals surface area contributed by atoms with Gasteiger partial charge >= 0.3 is 0 Å². The lowest BCUT2D eigenvalue weighted by molar-refractivity contribution is -0.133. The van der Waals surface area contributed by atoms with E-state index in [2.05, 4.69) is 52.9 Å². The van der Waals surface area contributed by atoms with Crippen LogP contribution < -0.4 is 0 Å². The molecule has 3 aromatic rings. The molecule has 0 aliphatic carbocycles. The third kappa shape index (κ3) is 3.45. The number of carbonyl (C=O) groups excluding carboxylic acids is 1. The number of nitrogens with zero attached hydrogens (tertiary/aromatic N) is 2. The zero-order valence-corrected chi connectivity index (χ0v) is 16.7. The standard InChI is InChI=1S/C24H28N2O2/c1-3-21(18-8-5-4-6-9-18)24(27)26-13-12-20-16-25(14-15-28-2)22-11-7-10-19(17-26)23(20)22/h4-11,16,21H,3,12-15,17H2,1-2H3/t21-/m1/s1. The Morgan fingerprint density at radius 2 is 1.93 bits per heavy atom. The lowest BCUT2D eigenvalue weighted by Crippen LogP contribution is -2.35. The summed E-state index contributed by atoms with van der Waals surface area (Å²) < 4.78 is 7.55. The van der Waals surface area contributed by atoms with E-state index in [-0.39, 0.29) is 11.8 Å². The number of amides is 1. The van der Waals surface area contributed by atoms with Crippen LogP contribution in [-0.4, -0.2) is 35.6 Å². The number of benzene rings is 2. The summed E-state index contributed by atoms with van der Waals surface area (Å²) in [4.78, 5) is 15.4. The first kappa shape index (κ1) is 18.8. The average molecular weight is 377 g/mol. The fraction of sp³-hybridized carbons (Fsp3) is 0.375. The second-order valence-electron chi connectivity index (χ2n) is 7.53. The fourth-order valence-electron chi connectivity index (χ4n) is 4.40. The first-order valence-corrected chi connectivity index (χ1v) is 10.1. The highest BCUT2D eigenvalue weighted by molar-refractivity contribution is 5.89. The van der Waals surface area contributed by atoms with E-state index < -0.39 is 0 Å². The van der Waals surface area contributed by atoms with Gasteiger partial charge in [0, 0.05) is 43.8 Å². The lowest BCUT2D eigenvalue weighted by Gasteiger charge is -2.26. The Hall–Kier alpha value is -2.59. The van der Waals surface area contributed by atoms with Crippen LogP contribution in [0.25, 0.3) is 10.9 Å². The van der Waals surface area contributed by atoms with Gasteiger partial charge in [0.15, 0.2) is 0 Å². The Bertz CT molecular complexity index is 961. The molecule has 0 fully saturated rings. The minimum absolute atomic E-state index is 0.0699. The summed E-state index contributed by atoms with van der Waals surface area (Å²) in [7, 11) is 1.74. The molecule has 0 radical (unpaired) electrons. The molecule has 2 aromatic carbocycles. The highest BCUT2D eigenvalue weighted by Gasteiger charge is 2.27. The van der Waals surface area contributed by atoms with Crippen LogP contribution in [0.15, 0.2) is 54.7 Å². The van der Waals surface area contributed by atoms with Crippen molar-refractivity contribution >= 4 is 16.8 Å². The molecule has 0 bridgehead atoms. The van der Waals surface area contributed by atoms with E-state index in [1.165, 1.54) is 22.0 Å². The molecule has 0 saturated carbocycles. The lowest BCUT2D eigenvalue weighted by atomic mass is 9.95. The largest absolute Gasteiger partial charge is 0.383 e. The minimum atomic E-state index is -0.0699. The summed E-state index contributed by atoms with van der Waals surface area (Å²) >= 11 is 0. The van der Waals surface area contributed by atoms with Gasteiger partial charge in [-0.15, -0.1) is 0 Å². The first-order chi connectivity index (χ1) is 13.7. The maximum Gasteiger partial charge on any atom is 0.230 e. The number of methoxy groups -OCH3 is 1. The second kappa shape index (κ2) is 8.19. The number of ether oxygens (including phenoxy) is 1. The molecule has 28 heavy (non-hydrogen) atoms. The fourth-order valence-corrected chi connectivity index (χ4v) is 4.40. The van der Waals surface area contributed by atoms with Crippen LogP contribution in [0.1, 0.15) is 36.0 Å². The molecular formula is C24H28N2O2. The molecule has 1 atom stereocenters. The third-order valence-electron chi connectivity index (χ3n) is 5.84. The normalized spacial score (nSPS) is 14.9. The molecule has 0 spiro atoms. The van der Waals surface area contributed by atoms with Crippen molar-refractivity contribution in [3.8, 4) is 0 Å². The van der Waals surface area contributed by atoms with E-state index in [0.717, 1.165) is 31.5 Å². The Labute approximate surface area is 166 Å². The van der Waals surface area contributed by atoms with Crippen LogP contribution in [0.4, 0.5) is 0 Å². The maximum absolute atomic E-state index is 13.4. The predicted octanol–water partition coefficient (Wildman–Crippen LogP) is 4.37. The smallest absolute Gasteiger partial charge is 0.230 e. The quantitative estimate of drug-likeness (QED) is 0.640. The van der Waals surface area contributed by atoms with Crippen LogP contribution in [0, 0.1) is 0 Å².